The largest absolute Gasteiger partial charge is 0.316 e. The normalized spacial score (nSPS) is 11.7. The predicted molar refractivity (Wildman–Crippen MR) is 132 cm³/mol. The summed E-state index contributed by atoms with van der Waals surface area (Å²) in [6.07, 6.45) is 2.57. The van der Waals surface area contributed by atoms with Crippen molar-refractivity contribution < 1.29 is 13.2 Å². The van der Waals surface area contributed by atoms with Crippen LogP contribution in [0.15, 0.2) is 64.2 Å². The van der Waals surface area contributed by atoms with Crippen molar-refractivity contribution >= 4 is 55.4 Å². The van der Waals surface area contributed by atoms with Crippen LogP contribution >= 0.6 is 27.5 Å². The fourth-order valence-electron chi connectivity index (χ4n) is 3.30. The predicted octanol–water partition coefficient (Wildman–Crippen LogP) is 4.43. The Morgan fingerprint density at radius 1 is 1.19 bits per heavy atom. The lowest BCUT2D eigenvalue weighted by Gasteiger charge is -2.22. The maximum atomic E-state index is 12.4. The molecule has 0 aliphatic heterocycles. The molecule has 168 valence electrons. The second-order valence-electron chi connectivity index (χ2n) is 7.13. The van der Waals surface area contributed by atoms with Crippen LogP contribution in [0.4, 0.5) is 5.69 Å². The SMILES string of the molecule is Cc1cc(/C=N\NC(=O)CN(c2ccccc2Br)S(C)(=O)=O)c(C)n1-c1ccccc1Cl. The van der Waals surface area contributed by atoms with Gasteiger partial charge in [0.15, 0.2) is 0 Å². The van der Waals surface area contributed by atoms with Crippen LogP contribution in [0.25, 0.3) is 5.69 Å². The number of amides is 1. The molecular formula is C22H22BrClN4O3S. The second-order valence-corrected chi connectivity index (χ2v) is 10.3. The van der Waals surface area contributed by atoms with Crippen LogP contribution in [-0.4, -0.2) is 37.9 Å². The second kappa shape index (κ2) is 9.89. The lowest BCUT2D eigenvalue weighted by atomic mass is 10.2. The van der Waals surface area contributed by atoms with E-state index in [0.717, 1.165) is 33.2 Å². The maximum Gasteiger partial charge on any atom is 0.260 e. The Balaban J connectivity index is 1.76. The Morgan fingerprint density at radius 2 is 1.84 bits per heavy atom. The van der Waals surface area contributed by atoms with E-state index in [2.05, 4.69) is 26.5 Å². The third-order valence-corrected chi connectivity index (χ3v) is 6.88. The minimum Gasteiger partial charge on any atom is -0.316 e. The van der Waals surface area contributed by atoms with Crippen molar-refractivity contribution in [3.8, 4) is 5.69 Å². The van der Waals surface area contributed by atoms with Gasteiger partial charge in [-0.3, -0.25) is 9.10 Å². The Bertz CT molecular complexity index is 1290. The van der Waals surface area contributed by atoms with E-state index >= 15 is 0 Å². The Kier molecular flexibility index (Phi) is 7.43. The number of carbonyl (C=O) groups is 1. The van der Waals surface area contributed by atoms with E-state index in [1.165, 1.54) is 6.21 Å². The summed E-state index contributed by atoms with van der Waals surface area (Å²) in [5.74, 6) is -0.567. The maximum absolute atomic E-state index is 12.4. The molecular weight excluding hydrogens is 516 g/mol. The number of rotatable bonds is 7. The van der Waals surface area contributed by atoms with Crippen LogP contribution in [0, 0.1) is 13.8 Å². The number of nitrogens with zero attached hydrogens (tertiary/aromatic N) is 3. The first-order chi connectivity index (χ1) is 15.1. The number of benzene rings is 2. The van der Waals surface area contributed by atoms with Crippen molar-refractivity contribution in [2.24, 2.45) is 5.10 Å². The highest BCUT2D eigenvalue weighted by Gasteiger charge is 2.22. The van der Waals surface area contributed by atoms with Gasteiger partial charge in [0.1, 0.15) is 6.54 Å². The number of aromatic nitrogens is 1. The zero-order chi connectivity index (χ0) is 23.5. The molecule has 3 aromatic rings. The highest BCUT2D eigenvalue weighted by atomic mass is 79.9. The standard InChI is InChI=1S/C22H22BrClN4O3S/c1-15-12-17(16(2)28(15)21-11-7-5-9-19(21)24)13-25-26-22(29)14-27(32(3,30)31)20-10-6-4-8-18(20)23/h4-13H,14H2,1-3H3,(H,26,29)/b25-13-. The summed E-state index contributed by atoms with van der Waals surface area (Å²) in [5.41, 5.74) is 6.29. The third-order valence-electron chi connectivity index (χ3n) is 4.77. The van der Waals surface area contributed by atoms with Gasteiger partial charge in [-0.25, -0.2) is 13.8 Å². The van der Waals surface area contributed by atoms with Crippen LogP contribution in [0.1, 0.15) is 17.0 Å². The summed E-state index contributed by atoms with van der Waals surface area (Å²) in [6.45, 7) is 3.48. The van der Waals surface area contributed by atoms with E-state index in [0.29, 0.717) is 15.2 Å². The fourth-order valence-corrected chi connectivity index (χ4v) is 5.00. The lowest BCUT2D eigenvalue weighted by molar-refractivity contribution is -0.119. The number of anilines is 1. The molecule has 0 saturated carbocycles. The summed E-state index contributed by atoms with van der Waals surface area (Å²) in [4.78, 5) is 12.4. The summed E-state index contributed by atoms with van der Waals surface area (Å²) < 4.78 is 28.1. The molecule has 0 fully saturated rings. The van der Waals surface area contributed by atoms with Gasteiger partial charge in [-0.05, 0) is 60.1 Å². The fraction of sp³-hybridized carbons (Fsp3) is 0.182. The minimum atomic E-state index is -3.68. The monoisotopic (exact) mass is 536 g/mol. The number of halogens is 2. The van der Waals surface area contributed by atoms with E-state index in [1.54, 1.807) is 24.3 Å². The van der Waals surface area contributed by atoms with Crippen LogP contribution in [0.5, 0.6) is 0 Å². The first-order valence-electron chi connectivity index (χ1n) is 9.57. The summed E-state index contributed by atoms with van der Waals surface area (Å²) >= 11 is 9.66. The molecule has 0 unspecified atom stereocenters. The number of hydrogen-bond donors (Lipinski definition) is 1. The molecule has 1 aromatic heterocycles. The molecule has 0 spiro atoms. The molecule has 0 saturated heterocycles. The zero-order valence-electron chi connectivity index (χ0n) is 17.7. The van der Waals surface area contributed by atoms with Crippen molar-refractivity contribution in [3.05, 3.63) is 81.0 Å². The zero-order valence-corrected chi connectivity index (χ0v) is 20.9. The number of para-hydroxylation sites is 2. The third kappa shape index (κ3) is 5.40. The van der Waals surface area contributed by atoms with E-state index in [-0.39, 0.29) is 0 Å². The average molecular weight is 538 g/mol. The molecule has 0 aliphatic rings. The molecule has 32 heavy (non-hydrogen) atoms. The van der Waals surface area contributed by atoms with Gasteiger partial charge >= 0.3 is 0 Å². The van der Waals surface area contributed by atoms with Gasteiger partial charge in [0.2, 0.25) is 10.0 Å². The topological polar surface area (TPSA) is 83.8 Å². The molecule has 0 atom stereocenters. The summed E-state index contributed by atoms with van der Waals surface area (Å²) in [6, 6.07) is 16.2. The number of nitrogens with one attached hydrogen (secondary N) is 1. The molecule has 7 nitrogen and oxygen atoms in total. The van der Waals surface area contributed by atoms with Crippen molar-refractivity contribution in [1.29, 1.82) is 0 Å². The Morgan fingerprint density at radius 3 is 2.50 bits per heavy atom. The van der Waals surface area contributed by atoms with Crippen LogP contribution in [0.2, 0.25) is 5.02 Å². The molecule has 0 aliphatic carbocycles. The van der Waals surface area contributed by atoms with Crippen molar-refractivity contribution in [2.45, 2.75) is 13.8 Å². The number of hydrogen-bond acceptors (Lipinski definition) is 4. The van der Waals surface area contributed by atoms with Crippen molar-refractivity contribution in [3.63, 3.8) is 0 Å². The summed E-state index contributed by atoms with van der Waals surface area (Å²) in [5, 5.41) is 4.64. The van der Waals surface area contributed by atoms with E-state index in [9.17, 15) is 13.2 Å². The van der Waals surface area contributed by atoms with Gasteiger partial charge in [-0.1, -0.05) is 35.9 Å². The Hall–Kier alpha value is -2.62. The quantitative estimate of drug-likeness (QED) is 0.358. The summed E-state index contributed by atoms with van der Waals surface area (Å²) in [7, 11) is -3.68. The first kappa shape index (κ1) is 24.0. The van der Waals surface area contributed by atoms with Crippen molar-refractivity contribution in [1.82, 2.24) is 9.99 Å². The molecule has 2 aromatic carbocycles. The molecule has 10 heteroatoms. The van der Waals surface area contributed by atoms with Gasteiger partial charge in [0.05, 0.1) is 28.9 Å². The van der Waals surface area contributed by atoms with E-state index in [4.69, 9.17) is 11.6 Å². The van der Waals surface area contributed by atoms with Crippen LogP contribution in [-0.2, 0) is 14.8 Å². The lowest BCUT2D eigenvalue weighted by Crippen LogP contribution is -2.39. The molecule has 0 bridgehead atoms. The molecule has 1 heterocycles. The van der Waals surface area contributed by atoms with Gasteiger partial charge in [-0.2, -0.15) is 5.10 Å². The highest BCUT2D eigenvalue weighted by Crippen LogP contribution is 2.27. The van der Waals surface area contributed by atoms with E-state index in [1.807, 2.05) is 48.7 Å². The molecule has 1 amide bonds. The van der Waals surface area contributed by atoms with Crippen molar-refractivity contribution in [2.75, 3.05) is 17.1 Å². The van der Waals surface area contributed by atoms with Gasteiger partial charge in [0, 0.05) is 21.4 Å². The molecule has 1 N–H and O–H groups in total. The van der Waals surface area contributed by atoms with Gasteiger partial charge in [-0.15, -0.1) is 0 Å². The molecule has 0 radical (unpaired) electrons. The number of aryl methyl sites for hydroxylation is 1. The van der Waals surface area contributed by atoms with E-state index < -0.39 is 22.5 Å². The average Bonchev–Trinajstić information content (AvgIpc) is 3.00. The number of sulfonamides is 1. The first-order valence-corrected chi connectivity index (χ1v) is 12.6. The highest BCUT2D eigenvalue weighted by molar-refractivity contribution is 9.10. The Labute approximate surface area is 200 Å². The van der Waals surface area contributed by atoms with Crippen LogP contribution < -0.4 is 9.73 Å². The minimum absolute atomic E-state index is 0.373. The number of carbonyl (C=O) groups excluding carboxylic acids is 1. The van der Waals surface area contributed by atoms with Gasteiger partial charge in [0.25, 0.3) is 5.91 Å². The number of hydrazone groups is 1. The van der Waals surface area contributed by atoms with Crippen LogP contribution in [0.3, 0.4) is 0 Å². The smallest absolute Gasteiger partial charge is 0.260 e. The molecule has 3 rings (SSSR count). The van der Waals surface area contributed by atoms with Gasteiger partial charge < -0.3 is 4.57 Å².